The second kappa shape index (κ2) is 7.57. The topological polar surface area (TPSA) is 94.8 Å². The van der Waals surface area contributed by atoms with Crippen LogP contribution in [-0.4, -0.2) is 35.8 Å². The highest BCUT2D eigenvalue weighted by Crippen LogP contribution is 2.33. The molecule has 0 spiro atoms. The predicted octanol–water partition coefficient (Wildman–Crippen LogP) is 3.02. The molecule has 0 fully saturated rings. The van der Waals surface area contributed by atoms with Gasteiger partial charge in [-0.1, -0.05) is 13.0 Å². The number of benzene rings is 1. The van der Waals surface area contributed by atoms with E-state index in [9.17, 15) is 14.7 Å². The smallest absolute Gasteiger partial charge is 0.257 e. The Morgan fingerprint density at radius 2 is 2.07 bits per heavy atom. The molecule has 7 nitrogen and oxygen atoms in total. The molecule has 0 saturated carbocycles. The summed E-state index contributed by atoms with van der Waals surface area (Å²) in [5, 5.41) is 16.7. The molecule has 1 aliphatic rings. The third-order valence-electron chi connectivity index (χ3n) is 4.49. The molecule has 1 heterocycles. The van der Waals surface area contributed by atoms with Crippen molar-refractivity contribution in [1.82, 2.24) is 10.2 Å². The van der Waals surface area contributed by atoms with Gasteiger partial charge in [0.05, 0.1) is 30.0 Å². The summed E-state index contributed by atoms with van der Waals surface area (Å²) < 4.78 is 5.45. The van der Waals surface area contributed by atoms with Crippen LogP contribution in [0.3, 0.4) is 0 Å². The fourth-order valence-corrected chi connectivity index (χ4v) is 2.93. The van der Waals surface area contributed by atoms with Gasteiger partial charge in [-0.05, 0) is 30.7 Å². The zero-order valence-corrected chi connectivity index (χ0v) is 15.6. The fourth-order valence-electron chi connectivity index (χ4n) is 2.93. The van der Waals surface area contributed by atoms with Gasteiger partial charge in [-0.3, -0.25) is 9.59 Å². The van der Waals surface area contributed by atoms with Gasteiger partial charge in [0.15, 0.2) is 11.5 Å². The Labute approximate surface area is 157 Å². The molecule has 0 radical (unpaired) electrons. The van der Waals surface area contributed by atoms with E-state index in [1.54, 1.807) is 38.6 Å². The summed E-state index contributed by atoms with van der Waals surface area (Å²) >= 11 is 0. The van der Waals surface area contributed by atoms with Gasteiger partial charge in [-0.25, -0.2) is 0 Å². The third-order valence-corrected chi connectivity index (χ3v) is 4.49. The van der Waals surface area contributed by atoms with Crippen molar-refractivity contribution in [2.45, 2.75) is 25.8 Å². The van der Waals surface area contributed by atoms with Gasteiger partial charge in [-0.2, -0.15) is 0 Å². The number of ketones is 1. The molecular weight excluding hydrogens is 346 g/mol. The predicted molar refractivity (Wildman–Crippen MR) is 101 cm³/mol. The van der Waals surface area contributed by atoms with Crippen LogP contribution in [0.4, 0.5) is 5.69 Å². The van der Waals surface area contributed by atoms with E-state index in [1.165, 1.54) is 4.90 Å². The zero-order valence-electron chi connectivity index (χ0n) is 15.6. The first-order valence-electron chi connectivity index (χ1n) is 8.79. The number of allylic oxidation sites excluding steroid dienone is 2. The number of Topliss-reactive ketones (excluding diaryl/α,β-unsaturated/α-hetero) is 1. The number of amides is 1. The molecule has 0 aliphatic heterocycles. The normalized spacial score (nSPS) is 14.6. The maximum atomic E-state index is 12.2. The molecule has 1 unspecified atom stereocenters. The third kappa shape index (κ3) is 3.67. The van der Waals surface area contributed by atoms with E-state index in [-0.39, 0.29) is 35.5 Å². The van der Waals surface area contributed by atoms with Gasteiger partial charge in [0, 0.05) is 19.8 Å². The van der Waals surface area contributed by atoms with Crippen molar-refractivity contribution >= 4 is 17.4 Å². The summed E-state index contributed by atoms with van der Waals surface area (Å²) in [6.45, 7) is 2.02. The number of hydrogen-bond acceptors (Lipinski definition) is 6. The number of furan rings is 1. The first-order chi connectivity index (χ1) is 12.9. The number of carbonyl (C=O) groups excluding carboxylic acids is 2. The number of para-hydroxylation sites is 1. The van der Waals surface area contributed by atoms with E-state index in [1.807, 2.05) is 19.1 Å². The highest BCUT2D eigenvalue weighted by atomic mass is 16.3. The maximum Gasteiger partial charge on any atom is 0.257 e. The molecule has 1 aromatic heterocycles. The van der Waals surface area contributed by atoms with Gasteiger partial charge in [0.2, 0.25) is 0 Å². The molecule has 1 amide bonds. The second-order valence-corrected chi connectivity index (χ2v) is 6.60. The fraction of sp³-hybridized carbons (Fsp3) is 0.300. The van der Waals surface area contributed by atoms with Crippen LogP contribution in [0.2, 0.25) is 0 Å². The van der Waals surface area contributed by atoms with Crippen LogP contribution in [0.15, 0.2) is 52.4 Å². The summed E-state index contributed by atoms with van der Waals surface area (Å²) in [6.07, 6.45) is 2.69. The number of aromatic hydroxyl groups is 1. The first kappa shape index (κ1) is 18.6. The molecule has 27 heavy (non-hydrogen) atoms. The number of rotatable bonds is 7. The highest BCUT2D eigenvalue weighted by molar-refractivity contribution is 6.07. The number of hydrogen-bond donors (Lipinski definition) is 3. The lowest BCUT2D eigenvalue weighted by Crippen LogP contribution is -2.34. The van der Waals surface area contributed by atoms with Crippen molar-refractivity contribution in [3.8, 4) is 5.75 Å². The molecule has 1 aliphatic carbocycles. The van der Waals surface area contributed by atoms with Crippen molar-refractivity contribution in [3.05, 3.63) is 59.3 Å². The van der Waals surface area contributed by atoms with Crippen LogP contribution in [-0.2, 0) is 4.79 Å². The number of carbonyl (C=O) groups is 2. The quantitative estimate of drug-likeness (QED) is 0.650. The SMILES string of the molecule is CCC(NC1=C(Nc2cccc(C(=O)N(C)C)c2O)C(=O)C1)c1ccco1. The first-order valence-corrected chi connectivity index (χ1v) is 8.79. The largest absolute Gasteiger partial charge is 0.505 e. The van der Waals surface area contributed by atoms with Gasteiger partial charge in [0.1, 0.15) is 11.5 Å². The van der Waals surface area contributed by atoms with E-state index in [0.717, 1.165) is 17.9 Å². The number of phenols is 1. The second-order valence-electron chi connectivity index (χ2n) is 6.60. The van der Waals surface area contributed by atoms with E-state index >= 15 is 0 Å². The Hall–Kier alpha value is -3.22. The van der Waals surface area contributed by atoms with E-state index < -0.39 is 0 Å². The van der Waals surface area contributed by atoms with E-state index in [4.69, 9.17) is 4.42 Å². The van der Waals surface area contributed by atoms with E-state index in [0.29, 0.717) is 11.4 Å². The minimum Gasteiger partial charge on any atom is -0.505 e. The van der Waals surface area contributed by atoms with Crippen molar-refractivity contribution in [2.24, 2.45) is 0 Å². The molecule has 142 valence electrons. The van der Waals surface area contributed by atoms with Gasteiger partial charge >= 0.3 is 0 Å². The summed E-state index contributed by atoms with van der Waals surface area (Å²) in [7, 11) is 3.23. The van der Waals surface area contributed by atoms with Crippen LogP contribution in [0.5, 0.6) is 5.75 Å². The van der Waals surface area contributed by atoms with E-state index in [2.05, 4.69) is 10.6 Å². The standard InChI is InChI=1S/C20H23N3O4/c1-4-13(17-9-6-10-27-17)21-15-11-16(24)18(15)22-14-8-5-7-12(19(14)25)20(26)23(2)3/h5-10,13,21-22,25H,4,11H2,1-3H3. The lowest BCUT2D eigenvalue weighted by Gasteiger charge is -2.28. The minimum atomic E-state index is -0.313. The average Bonchev–Trinajstić information content (AvgIpc) is 3.18. The summed E-state index contributed by atoms with van der Waals surface area (Å²) in [4.78, 5) is 25.7. The van der Waals surface area contributed by atoms with Crippen molar-refractivity contribution in [3.63, 3.8) is 0 Å². The summed E-state index contributed by atoms with van der Waals surface area (Å²) in [6, 6.07) is 8.50. The monoisotopic (exact) mass is 369 g/mol. The van der Waals surface area contributed by atoms with Crippen LogP contribution in [0, 0.1) is 0 Å². The Balaban J connectivity index is 1.84. The van der Waals surface area contributed by atoms with Crippen LogP contribution in [0.1, 0.15) is 41.9 Å². The Morgan fingerprint density at radius 1 is 1.30 bits per heavy atom. The Bertz CT molecular complexity index is 885. The van der Waals surface area contributed by atoms with Gasteiger partial charge in [-0.15, -0.1) is 0 Å². The van der Waals surface area contributed by atoms with Crippen molar-refractivity contribution < 1.29 is 19.1 Å². The number of nitrogens with one attached hydrogen (secondary N) is 2. The molecule has 3 N–H and O–H groups in total. The number of anilines is 1. The molecule has 1 atom stereocenters. The molecule has 2 aromatic rings. The summed E-state index contributed by atoms with van der Waals surface area (Å²) in [5.74, 6) is 0.244. The number of nitrogens with zero attached hydrogens (tertiary/aromatic N) is 1. The van der Waals surface area contributed by atoms with Crippen LogP contribution < -0.4 is 10.6 Å². The highest BCUT2D eigenvalue weighted by Gasteiger charge is 2.30. The minimum absolute atomic E-state index is 0.0462. The zero-order chi connectivity index (χ0) is 19.6. The van der Waals surface area contributed by atoms with Crippen molar-refractivity contribution in [2.75, 3.05) is 19.4 Å². The van der Waals surface area contributed by atoms with Gasteiger partial charge in [0.25, 0.3) is 5.91 Å². The molecule has 1 aromatic carbocycles. The van der Waals surface area contributed by atoms with Crippen LogP contribution >= 0.6 is 0 Å². The molecule has 7 heteroatoms. The maximum absolute atomic E-state index is 12.2. The Morgan fingerprint density at radius 3 is 2.67 bits per heavy atom. The average molecular weight is 369 g/mol. The lowest BCUT2D eigenvalue weighted by molar-refractivity contribution is -0.116. The molecular formula is C20H23N3O4. The molecule has 0 bridgehead atoms. The summed E-state index contributed by atoms with van der Waals surface area (Å²) in [5.41, 5.74) is 1.64. The van der Waals surface area contributed by atoms with Gasteiger partial charge < -0.3 is 25.1 Å². The van der Waals surface area contributed by atoms with Crippen molar-refractivity contribution in [1.29, 1.82) is 0 Å². The molecule has 0 saturated heterocycles. The van der Waals surface area contributed by atoms with Crippen LogP contribution in [0.25, 0.3) is 0 Å². The number of phenolic OH excluding ortho intramolecular Hbond substituents is 1. The lowest BCUT2D eigenvalue weighted by atomic mass is 9.96. The Kier molecular flexibility index (Phi) is 5.21. The molecule has 3 rings (SSSR count).